The van der Waals surface area contributed by atoms with Crippen LogP contribution in [0.4, 0.5) is 5.69 Å². The summed E-state index contributed by atoms with van der Waals surface area (Å²) in [6.45, 7) is -0.447. The summed E-state index contributed by atoms with van der Waals surface area (Å²) in [7, 11) is 0. The molecule has 0 aromatic heterocycles. The lowest BCUT2D eigenvalue weighted by Crippen LogP contribution is -2.33. The third-order valence-electron chi connectivity index (χ3n) is 5.55. The zero-order chi connectivity index (χ0) is 22.7. The van der Waals surface area contributed by atoms with Crippen LogP contribution in [0.1, 0.15) is 30.0 Å². The number of aromatic hydroxyl groups is 1. The van der Waals surface area contributed by atoms with Crippen LogP contribution in [-0.2, 0) is 22.5 Å². The number of nitrogens with zero attached hydrogens (tertiary/aromatic N) is 1. The number of aliphatic carboxylic acids is 1. The Hall–Kier alpha value is -3.36. The second-order valence-electron chi connectivity index (χ2n) is 7.55. The molecule has 0 heterocycles. The van der Waals surface area contributed by atoms with Gasteiger partial charge in [0, 0.05) is 17.0 Å². The van der Waals surface area contributed by atoms with Crippen LogP contribution in [0.3, 0.4) is 0 Å². The smallest absolute Gasteiger partial charge is 0.341 e. The van der Waals surface area contributed by atoms with Gasteiger partial charge in [0.2, 0.25) is 0 Å². The molecule has 32 heavy (non-hydrogen) atoms. The van der Waals surface area contributed by atoms with Crippen molar-refractivity contribution in [1.82, 2.24) is 0 Å². The first-order valence-electron chi connectivity index (χ1n) is 10.2. The maximum atomic E-state index is 12.3. The zero-order valence-corrected chi connectivity index (χ0v) is 18.0. The molecule has 2 unspecified atom stereocenters. The highest BCUT2D eigenvalue weighted by molar-refractivity contribution is 7.80. The van der Waals surface area contributed by atoms with E-state index in [1.807, 2.05) is 18.2 Å². The first-order chi connectivity index (χ1) is 15.4. The maximum absolute atomic E-state index is 12.3. The first-order valence-corrected chi connectivity index (χ1v) is 11.2. The Bertz CT molecular complexity index is 1130. The second kappa shape index (κ2) is 9.42. The highest BCUT2D eigenvalue weighted by atomic mass is 32.2. The normalized spacial score (nSPS) is 16.1. The monoisotopic (exact) mass is 452 g/mol. The van der Waals surface area contributed by atoms with E-state index in [4.69, 9.17) is 9.84 Å². The molecule has 0 amide bonds. The van der Waals surface area contributed by atoms with Gasteiger partial charge in [-0.2, -0.15) is 0 Å². The molecule has 3 aromatic rings. The SMILES string of the molecule is O=C(O)COc1cccc2c1CCCC2N(c1ccc(-c2ccc(O)cc2)cc1)S(=O)[O-]. The summed E-state index contributed by atoms with van der Waals surface area (Å²) >= 11 is -2.52. The summed E-state index contributed by atoms with van der Waals surface area (Å²) < 4.78 is 31.4. The Morgan fingerprint density at radius 3 is 2.34 bits per heavy atom. The quantitative estimate of drug-likeness (QED) is 0.520. The van der Waals surface area contributed by atoms with Crippen molar-refractivity contribution in [3.8, 4) is 22.6 Å². The van der Waals surface area contributed by atoms with E-state index >= 15 is 0 Å². The molecular formula is C24H22NO6S-. The van der Waals surface area contributed by atoms with Gasteiger partial charge in [0.25, 0.3) is 0 Å². The number of hydrogen-bond donors (Lipinski definition) is 2. The molecule has 8 heteroatoms. The predicted octanol–water partition coefficient (Wildman–Crippen LogP) is 4.20. The molecule has 7 nitrogen and oxygen atoms in total. The number of phenolic OH excluding ortho intramolecular Hbond substituents is 1. The van der Waals surface area contributed by atoms with Gasteiger partial charge in [-0.1, -0.05) is 36.4 Å². The lowest BCUT2D eigenvalue weighted by molar-refractivity contribution is -0.139. The third kappa shape index (κ3) is 4.61. The van der Waals surface area contributed by atoms with Crippen LogP contribution in [-0.4, -0.2) is 31.6 Å². The molecule has 0 spiro atoms. The Kier molecular flexibility index (Phi) is 6.43. The molecule has 0 saturated heterocycles. The van der Waals surface area contributed by atoms with Gasteiger partial charge >= 0.3 is 5.97 Å². The average molecular weight is 453 g/mol. The summed E-state index contributed by atoms with van der Waals surface area (Å²) in [5.74, 6) is -0.402. The zero-order valence-electron chi connectivity index (χ0n) is 17.1. The van der Waals surface area contributed by atoms with Crippen LogP contribution in [0.2, 0.25) is 0 Å². The van der Waals surface area contributed by atoms with Gasteiger partial charge in [-0.15, -0.1) is 0 Å². The van der Waals surface area contributed by atoms with Crippen LogP contribution in [0, 0.1) is 0 Å². The van der Waals surface area contributed by atoms with Gasteiger partial charge < -0.3 is 19.5 Å². The van der Waals surface area contributed by atoms with Crippen LogP contribution in [0.5, 0.6) is 11.5 Å². The van der Waals surface area contributed by atoms with E-state index < -0.39 is 29.9 Å². The fraction of sp³-hybridized carbons (Fsp3) is 0.208. The van der Waals surface area contributed by atoms with E-state index in [0.717, 1.165) is 28.7 Å². The topological polar surface area (TPSA) is 110 Å². The summed E-state index contributed by atoms with van der Waals surface area (Å²) in [6.07, 6.45) is 2.09. The Labute approximate surface area is 188 Å². The lowest BCUT2D eigenvalue weighted by atomic mass is 9.87. The summed E-state index contributed by atoms with van der Waals surface area (Å²) in [5, 5.41) is 18.4. The minimum absolute atomic E-state index is 0.181. The van der Waals surface area contributed by atoms with Crippen molar-refractivity contribution in [2.45, 2.75) is 25.3 Å². The number of anilines is 1. The molecule has 3 aromatic carbocycles. The molecule has 2 N–H and O–H groups in total. The van der Waals surface area contributed by atoms with Gasteiger partial charge in [0.15, 0.2) is 6.61 Å². The molecule has 0 aliphatic heterocycles. The van der Waals surface area contributed by atoms with E-state index in [2.05, 4.69) is 0 Å². The Balaban J connectivity index is 1.66. The van der Waals surface area contributed by atoms with Gasteiger partial charge in [0.05, 0.1) is 6.04 Å². The fourth-order valence-electron chi connectivity index (χ4n) is 4.13. The molecule has 1 aliphatic carbocycles. The number of benzene rings is 3. The van der Waals surface area contributed by atoms with E-state index in [1.54, 1.807) is 48.5 Å². The lowest BCUT2D eigenvalue weighted by Gasteiger charge is -2.38. The van der Waals surface area contributed by atoms with Gasteiger partial charge in [0.1, 0.15) is 11.5 Å². The highest BCUT2D eigenvalue weighted by Crippen LogP contribution is 2.41. The number of hydrogen-bond acceptors (Lipinski definition) is 5. The number of fused-ring (bicyclic) bond motifs is 1. The number of phenols is 1. The van der Waals surface area contributed by atoms with E-state index in [1.165, 1.54) is 4.31 Å². The fourth-order valence-corrected chi connectivity index (χ4v) is 4.85. The molecule has 166 valence electrons. The van der Waals surface area contributed by atoms with Crippen molar-refractivity contribution in [2.75, 3.05) is 10.9 Å². The van der Waals surface area contributed by atoms with Crippen molar-refractivity contribution in [1.29, 1.82) is 0 Å². The minimum atomic E-state index is -2.52. The van der Waals surface area contributed by atoms with Crippen molar-refractivity contribution in [2.24, 2.45) is 0 Å². The van der Waals surface area contributed by atoms with Gasteiger partial charge in [-0.05, 0) is 71.8 Å². The van der Waals surface area contributed by atoms with E-state index in [9.17, 15) is 18.7 Å². The van der Waals surface area contributed by atoms with E-state index in [-0.39, 0.29) is 5.75 Å². The number of rotatable bonds is 7. The average Bonchev–Trinajstić information content (AvgIpc) is 2.79. The maximum Gasteiger partial charge on any atom is 0.341 e. The second-order valence-corrected chi connectivity index (χ2v) is 8.38. The van der Waals surface area contributed by atoms with Crippen LogP contribution >= 0.6 is 0 Å². The Morgan fingerprint density at radius 2 is 1.72 bits per heavy atom. The number of carbonyl (C=O) groups is 1. The van der Waals surface area contributed by atoms with Gasteiger partial charge in [-0.3, -0.25) is 8.51 Å². The van der Waals surface area contributed by atoms with Crippen LogP contribution in [0.25, 0.3) is 11.1 Å². The number of carboxylic acids is 1. The minimum Gasteiger partial charge on any atom is -0.755 e. The standard InChI is InChI=1S/C24H23NO6S/c26-19-13-9-17(10-14-19)16-7-11-18(12-8-16)25(32(29)30)22-5-1-4-21-20(22)3-2-6-23(21)31-15-24(27)28/h2-3,6-14,22,26H,1,4-5,15H2,(H,27,28)(H,29,30)/p-1. The summed E-state index contributed by atoms with van der Waals surface area (Å²) in [6, 6.07) is 18.9. The van der Waals surface area contributed by atoms with Gasteiger partial charge in [-0.25, -0.2) is 4.79 Å². The molecule has 0 bridgehead atoms. The van der Waals surface area contributed by atoms with Crippen LogP contribution in [0.15, 0.2) is 66.7 Å². The molecule has 0 fully saturated rings. The molecule has 0 saturated carbocycles. The largest absolute Gasteiger partial charge is 0.755 e. The van der Waals surface area contributed by atoms with Crippen LogP contribution < -0.4 is 9.04 Å². The Morgan fingerprint density at radius 1 is 1.06 bits per heavy atom. The molecule has 2 atom stereocenters. The van der Waals surface area contributed by atoms with Crippen molar-refractivity contribution in [3.63, 3.8) is 0 Å². The van der Waals surface area contributed by atoms with Crippen molar-refractivity contribution in [3.05, 3.63) is 77.9 Å². The third-order valence-corrected chi connectivity index (χ3v) is 6.34. The highest BCUT2D eigenvalue weighted by Gasteiger charge is 2.29. The van der Waals surface area contributed by atoms with E-state index in [0.29, 0.717) is 24.3 Å². The first kappa shape index (κ1) is 21.9. The predicted molar refractivity (Wildman–Crippen MR) is 120 cm³/mol. The molecular weight excluding hydrogens is 430 g/mol. The molecule has 1 aliphatic rings. The number of carboxylic acid groups (broad SMARTS) is 1. The summed E-state index contributed by atoms with van der Waals surface area (Å²) in [5.41, 5.74) is 4.02. The van der Waals surface area contributed by atoms with Crippen molar-refractivity contribution < 1.29 is 28.5 Å². The van der Waals surface area contributed by atoms with Crippen molar-refractivity contribution >= 4 is 22.9 Å². The number of ether oxygens (including phenoxy) is 1. The molecule has 0 radical (unpaired) electrons. The molecule has 4 rings (SSSR count). The summed E-state index contributed by atoms with van der Waals surface area (Å²) in [4.78, 5) is 10.9.